The van der Waals surface area contributed by atoms with Crippen molar-refractivity contribution in [3.8, 4) is 11.1 Å². The highest BCUT2D eigenvalue weighted by molar-refractivity contribution is 9.10. The van der Waals surface area contributed by atoms with Crippen LogP contribution in [0.4, 0.5) is 5.82 Å². The maximum Gasteiger partial charge on any atom is 0.248 e. The summed E-state index contributed by atoms with van der Waals surface area (Å²) < 4.78 is 2.22. The maximum absolute atomic E-state index is 14.5. The molecule has 1 aliphatic carbocycles. The van der Waals surface area contributed by atoms with E-state index in [1.54, 1.807) is 28.1 Å². The van der Waals surface area contributed by atoms with Gasteiger partial charge >= 0.3 is 0 Å². The molecule has 1 aliphatic heterocycles. The number of allylic oxidation sites excluding steroid dienone is 2. The lowest BCUT2D eigenvalue weighted by Crippen LogP contribution is -2.47. The fourth-order valence-corrected chi connectivity index (χ4v) is 7.95. The first-order valence-corrected chi connectivity index (χ1v) is 18.2. The van der Waals surface area contributed by atoms with Gasteiger partial charge in [-0.15, -0.1) is 13.2 Å². The van der Waals surface area contributed by atoms with Crippen molar-refractivity contribution in [3.05, 3.63) is 89.2 Å². The van der Waals surface area contributed by atoms with E-state index in [-0.39, 0.29) is 35.6 Å². The zero-order chi connectivity index (χ0) is 36.4. The first-order valence-electron chi connectivity index (χ1n) is 17.4. The topological polar surface area (TPSA) is 126 Å². The van der Waals surface area contributed by atoms with Crippen LogP contribution < -0.4 is 5.32 Å². The number of halogens is 1. The highest BCUT2D eigenvalue weighted by atomic mass is 79.9. The van der Waals surface area contributed by atoms with E-state index in [1.807, 2.05) is 44.2 Å². The third-order valence-corrected chi connectivity index (χ3v) is 10.6. The fraction of sp³-hybridized carbons (Fsp3) is 0.410. The third kappa shape index (κ3) is 7.57. The van der Waals surface area contributed by atoms with Gasteiger partial charge < -0.3 is 15.1 Å². The minimum atomic E-state index is -0.689. The van der Waals surface area contributed by atoms with Gasteiger partial charge in [0.25, 0.3) is 0 Å². The summed E-state index contributed by atoms with van der Waals surface area (Å²) in [6.07, 6.45) is 12.3. The van der Waals surface area contributed by atoms with E-state index in [9.17, 15) is 14.4 Å². The smallest absolute Gasteiger partial charge is 0.248 e. The normalized spacial score (nSPS) is 19.3. The number of benzene rings is 1. The Labute approximate surface area is 307 Å². The van der Waals surface area contributed by atoms with Crippen LogP contribution in [0.25, 0.3) is 22.0 Å². The van der Waals surface area contributed by atoms with Gasteiger partial charge in [-0.25, -0.2) is 15.0 Å². The highest BCUT2D eigenvalue weighted by Gasteiger charge is 2.67. The standard InChI is InChI=1S/C39H45BrN8O3/c1-7-9-10-11-15-46(6)23-39-18-31(38(51)44-37-27(12-8-2)13-14-33(40)43-37)48(32(39)19-39)34(50)22-47-36-24(3)16-28(29-20-41-26(5)42-21-29)17-30(36)35(45-47)25(4)49/h7-8,13-14,16-17,20-21,31-32H,1-2,9-12,15,18-19,22-23H2,3-6H3,(H,43,44,51)/t31-,32+,39-/m0/s1. The zero-order valence-corrected chi connectivity index (χ0v) is 31.4. The number of carbonyl (C=O) groups excluding carboxylic acids is 3. The van der Waals surface area contributed by atoms with E-state index in [2.05, 4.69) is 61.3 Å². The molecule has 0 unspecified atom stereocenters. The average Bonchev–Trinajstić information content (AvgIpc) is 3.47. The third-order valence-electron chi connectivity index (χ3n) is 10.1. The van der Waals surface area contributed by atoms with Crippen molar-refractivity contribution in [2.24, 2.45) is 5.41 Å². The molecule has 1 saturated carbocycles. The van der Waals surface area contributed by atoms with Crippen molar-refractivity contribution in [2.45, 2.75) is 77.9 Å². The second kappa shape index (κ2) is 15.0. The van der Waals surface area contributed by atoms with Crippen LogP contribution >= 0.6 is 15.9 Å². The molecule has 3 atom stereocenters. The molecule has 11 nitrogen and oxygen atoms in total. The Morgan fingerprint density at radius 3 is 2.55 bits per heavy atom. The molecule has 1 aromatic carbocycles. The lowest BCUT2D eigenvalue weighted by Gasteiger charge is -2.27. The molecule has 4 heterocycles. The maximum atomic E-state index is 14.5. The van der Waals surface area contributed by atoms with Crippen LogP contribution in [0.2, 0.25) is 0 Å². The Hall–Kier alpha value is -4.55. The molecule has 2 amide bonds. The lowest BCUT2D eigenvalue weighted by atomic mass is 9.98. The van der Waals surface area contributed by atoms with E-state index in [4.69, 9.17) is 5.10 Å². The van der Waals surface area contributed by atoms with Crippen molar-refractivity contribution in [1.82, 2.24) is 34.5 Å². The molecule has 3 aromatic heterocycles. The quantitative estimate of drug-likeness (QED) is 0.0633. The minimum absolute atomic E-state index is 0.0807. The Balaban J connectivity index is 1.31. The number of rotatable bonds is 15. The number of amides is 2. The SMILES string of the molecule is C=CCCCCN(C)C[C@@]12C[C@@H](C(=O)Nc3nc(Br)ccc3CC=C)N(C(=O)Cn3nc(C(C)=O)c4cc(-c5cnc(C)nc5)cc(C)c43)[C@@H]1C2. The molecular weight excluding hydrogens is 708 g/mol. The van der Waals surface area contributed by atoms with Gasteiger partial charge in [-0.2, -0.15) is 5.10 Å². The van der Waals surface area contributed by atoms with E-state index in [0.717, 1.165) is 61.0 Å². The summed E-state index contributed by atoms with van der Waals surface area (Å²) in [4.78, 5) is 58.8. The Kier molecular flexibility index (Phi) is 10.6. The number of Topliss-reactive ketones (excluding diaryl/α,β-unsaturated/α-hetero) is 1. The van der Waals surface area contributed by atoms with Gasteiger partial charge in [0.2, 0.25) is 11.8 Å². The predicted octanol–water partition coefficient (Wildman–Crippen LogP) is 6.49. The number of hydrogen-bond donors (Lipinski definition) is 1. The summed E-state index contributed by atoms with van der Waals surface area (Å²) in [6, 6.07) is 6.88. The molecule has 2 fully saturated rings. The van der Waals surface area contributed by atoms with Crippen molar-refractivity contribution >= 4 is 50.2 Å². The number of nitrogens with one attached hydrogen (secondary N) is 1. The molecule has 2 aliphatic rings. The molecule has 266 valence electrons. The van der Waals surface area contributed by atoms with Crippen LogP contribution in [-0.4, -0.2) is 84.4 Å². The number of carbonyl (C=O) groups is 3. The number of pyridine rings is 1. The van der Waals surface area contributed by atoms with Gasteiger partial charge in [-0.05, 0) is 117 Å². The van der Waals surface area contributed by atoms with Crippen molar-refractivity contribution in [2.75, 3.05) is 25.5 Å². The van der Waals surface area contributed by atoms with Gasteiger partial charge in [-0.3, -0.25) is 19.1 Å². The predicted molar refractivity (Wildman–Crippen MR) is 202 cm³/mol. The number of aryl methyl sites for hydroxylation is 2. The van der Waals surface area contributed by atoms with E-state index in [1.165, 1.54) is 6.92 Å². The number of fused-ring (bicyclic) bond motifs is 2. The first-order chi connectivity index (χ1) is 24.4. The van der Waals surface area contributed by atoms with Crippen LogP contribution in [0.15, 0.2) is 66.6 Å². The van der Waals surface area contributed by atoms with Gasteiger partial charge in [0, 0.05) is 48.3 Å². The Bertz CT molecular complexity index is 2010. The number of unbranched alkanes of at least 4 members (excludes halogenated alkanes) is 2. The number of ketones is 1. The van der Waals surface area contributed by atoms with Crippen molar-refractivity contribution in [1.29, 1.82) is 0 Å². The van der Waals surface area contributed by atoms with Crippen LogP contribution in [0, 0.1) is 19.3 Å². The van der Waals surface area contributed by atoms with Gasteiger partial charge in [0.15, 0.2) is 5.78 Å². The van der Waals surface area contributed by atoms with Crippen molar-refractivity contribution in [3.63, 3.8) is 0 Å². The highest BCUT2D eigenvalue weighted by Crippen LogP contribution is 2.60. The average molecular weight is 754 g/mol. The molecule has 4 aromatic rings. The summed E-state index contributed by atoms with van der Waals surface area (Å²) in [5.74, 6) is 0.439. The number of hydrogen-bond acceptors (Lipinski definition) is 8. The van der Waals surface area contributed by atoms with Gasteiger partial charge in [0.1, 0.15) is 34.5 Å². The van der Waals surface area contributed by atoms with Crippen LogP contribution in [0.3, 0.4) is 0 Å². The van der Waals surface area contributed by atoms with E-state index in [0.29, 0.717) is 45.7 Å². The second-order valence-electron chi connectivity index (χ2n) is 14.0. The molecule has 12 heteroatoms. The Morgan fingerprint density at radius 1 is 1.08 bits per heavy atom. The van der Waals surface area contributed by atoms with Crippen LogP contribution in [-0.2, 0) is 22.6 Å². The zero-order valence-electron chi connectivity index (χ0n) is 29.8. The summed E-state index contributed by atoms with van der Waals surface area (Å²) in [7, 11) is 2.11. The number of likely N-dealkylation sites (tertiary alicyclic amines) is 1. The van der Waals surface area contributed by atoms with Gasteiger partial charge in [0.05, 0.1) is 5.52 Å². The molecule has 1 saturated heterocycles. The molecule has 1 N–H and O–H groups in total. The summed E-state index contributed by atoms with van der Waals surface area (Å²) in [5.41, 5.74) is 4.20. The molecule has 6 rings (SSSR count). The first kappa shape index (κ1) is 36.2. The number of nitrogens with zero attached hydrogens (tertiary/aromatic N) is 7. The summed E-state index contributed by atoms with van der Waals surface area (Å²) in [5, 5.41) is 8.40. The second-order valence-corrected chi connectivity index (χ2v) is 14.8. The summed E-state index contributed by atoms with van der Waals surface area (Å²) in [6.45, 7) is 14.6. The van der Waals surface area contributed by atoms with Gasteiger partial charge in [-0.1, -0.05) is 18.2 Å². The molecule has 0 radical (unpaired) electrons. The summed E-state index contributed by atoms with van der Waals surface area (Å²) >= 11 is 3.43. The largest absolute Gasteiger partial charge is 0.325 e. The van der Waals surface area contributed by atoms with Crippen molar-refractivity contribution < 1.29 is 14.4 Å². The molecule has 0 bridgehead atoms. The number of piperidine rings is 1. The lowest BCUT2D eigenvalue weighted by molar-refractivity contribution is -0.138. The number of anilines is 1. The molecule has 51 heavy (non-hydrogen) atoms. The Morgan fingerprint density at radius 2 is 1.84 bits per heavy atom. The monoisotopic (exact) mass is 752 g/mol. The molecule has 0 spiro atoms. The van der Waals surface area contributed by atoms with E-state index >= 15 is 0 Å². The fourth-order valence-electron chi connectivity index (χ4n) is 7.64. The number of aromatic nitrogens is 5. The minimum Gasteiger partial charge on any atom is -0.325 e. The van der Waals surface area contributed by atoms with Crippen LogP contribution in [0.5, 0.6) is 0 Å². The van der Waals surface area contributed by atoms with E-state index < -0.39 is 6.04 Å². The molecular formula is C39H45BrN8O3. The van der Waals surface area contributed by atoms with Crippen LogP contribution in [0.1, 0.15) is 66.5 Å².